The van der Waals surface area contributed by atoms with E-state index in [0.717, 1.165) is 53.5 Å². The number of hydrogen-bond donors (Lipinski definition) is 1. The maximum atomic E-state index is 12.6. The maximum Gasteiger partial charge on any atom is 0.228 e. The van der Waals surface area contributed by atoms with Crippen molar-refractivity contribution >= 4 is 38.2 Å². The summed E-state index contributed by atoms with van der Waals surface area (Å²) in [6, 6.07) is 12.9. The van der Waals surface area contributed by atoms with Gasteiger partial charge in [-0.3, -0.25) is 9.78 Å². The molecule has 2 heterocycles. The molecule has 30 heavy (non-hydrogen) atoms. The molecule has 1 fully saturated rings. The summed E-state index contributed by atoms with van der Waals surface area (Å²) in [6.45, 7) is 1.94. The lowest BCUT2D eigenvalue weighted by Gasteiger charge is -2.45. The summed E-state index contributed by atoms with van der Waals surface area (Å²) < 4.78 is 6.74. The first-order valence-corrected chi connectivity index (χ1v) is 11.0. The smallest absolute Gasteiger partial charge is 0.228 e. The van der Waals surface area contributed by atoms with Crippen LogP contribution in [0.15, 0.2) is 52.9 Å². The number of carbonyl (C=O) groups is 1. The normalized spacial score (nSPS) is 17.9. The van der Waals surface area contributed by atoms with Crippen LogP contribution in [0, 0.1) is 18.4 Å². The number of Topliss-reactive ketones (excluding diaryl/α,β-unsaturated/α-hetero) is 1. The minimum atomic E-state index is -0.359. The molecule has 1 radical (unpaired) electrons. The summed E-state index contributed by atoms with van der Waals surface area (Å²) in [5, 5.41) is 5.32. The lowest BCUT2D eigenvalue weighted by molar-refractivity contribution is -0.126. The Labute approximate surface area is 183 Å². The number of nitrogens with zero attached hydrogens (tertiary/aromatic N) is 2. The SMILES string of the molecule is Cc1cc2ccncc2c(Oc2[c]c(NC3=C(Br)C(=O)C34CCCCC4)ccc2)n1. The Bertz CT molecular complexity index is 1180. The second-order valence-corrected chi connectivity index (χ2v) is 8.78. The van der Waals surface area contributed by atoms with E-state index in [4.69, 9.17) is 4.74 Å². The third-order valence-corrected chi connectivity index (χ3v) is 6.76. The van der Waals surface area contributed by atoms with E-state index in [2.05, 4.69) is 37.3 Å². The van der Waals surface area contributed by atoms with E-state index in [1.165, 1.54) is 6.42 Å². The Balaban J connectivity index is 1.43. The summed E-state index contributed by atoms with van der Waals surface area (Å²) in [6.07, 6.45) is 8.70. The molecule has 6 heteroatoms. The molecule has 1 aromatic carbocycles. The molecule has 0 amide bonds. The molecule has 0 saturated heterocycles. The number of allylic oxidation sites excluding steroid dienone is 2. The van der Waals surface area contributed by atoms with Crippen LogP contribution < -0.4 is 10.1 Å². The summed E-state index contributed by atoms with van der Waals surface area (Å²) in [5.41, 5.74) is 2.26. The van der Waals surface area contributed by atoms with Gasteiger partial charge < -0.3 is 10.1 Å². The van der Waals surface area contributed by atoms with E-state index < -0.39 is 0 Å². The van der Waals surface area contributed by atoms with Crippen molar-refractivity contribution in [3.63, 3.8) is 0 Å². The zero-order valence-corrected chi connectivity index (χ0v) is 18.3. The molecule has 0 aliphatic heterocycles. The predicted octanol–water partition coefficient (Wildman–Crippen LogP) is 6.08. The number of hydrogen-bond acceptors (Lipinski definition) is 5. The first kappa shape index (κ1) is 19.2. The molecule has 0 unspecified atom stereocenters. The summed E-state index contributed by atoms with van der Waals surface area (Å²) in [4.78, 5) is 21.3. The van der Waals surface area contributed by atoms with Gasteiger partial charge in [0, 0.05) is 23.8 Å². The number of carbonyl (C=O) groups excluding carboxylic acids is 1. The third-order valence-electron chi connectivity index (χ3n) is 6.00. The molecular formula is C24H21BrN3O2. The van der Waals surface area contributed by atoms with Crippen molar-refractivity contribution in [3.8, 4) is 11.6 Å². The number of nitrogens with one attached hydrogen (secondary N) is 1. The fourth-order valence-electron chi connectivity index (χ4n) is 4.48. The van der Waals surface area contributed by atoms with E-state index in [9.17, 15) is 4.79 Å². The van der Waals surface area contributed by atoms with Crippen molar-refractivity contribution in [1.29, 1.82) is 0 Å². The van der Waals surface area contributed by atoms with Crippen LogP contribution in [0.25, 0.3) is 10.8 Å². The van der Waals surface area contributed by atoms with Crippen LogP contribution >= 0.6 is 15.9 Å². The second-order valence-electron chi connectivity index (χ2n) is 7.98. The van der Waals surface area contributed by atoms with Crippen molar-refractivity contribution in [3.05, 3.63) is 64.7 Å². The Hall–Kier alpha value is -2.73. The van der Waals surface area contributed by atoms with E-state index in [1.807, 2.05) is 37.3 Å². The minimum Gasteiger partial charge on any atom is -0.438 e. The fourth-order valence-corrected chi connectivity index (χ4v) is 5.33. The van der Waals surface area contributed by atoms with Crippen LogP contribution in [0.5, 0.6) is 11.6 Å². The molecule has 0 bridgehead atoms. The molecular weight excluding hydrogens is 442 g/mol. The van der Waals surface area contributed by atoms with Crippen LogP contribution in [-0.2, 0) is 4.79 Å². The largest absolute Gasteiger partial charge is 0.438 e. The van der Waals surface area contributed by atoms with Crippen LogP contribution in [0.3, 0.4) is 0 Å². The number of halogens is 1. The molecule has 2 aromatic heterocycles. The van der Waals surface area contributed by atoms with Crippen LogP contribution in [-0.4, -0.2) is 15.8 Å². The first-order chi connectivity index (χ1) is 14.6. The standard InChI is InChI=1S/C24H21BrN3O2/c1-15-12-16-8-11-26-14-19(16)23(27-15)30-18-7-5-6-17(13-18)28-21-20(25)22(29)24(21)9-3-2-4-10-24/h5-8,11-12,14,28H,2-4,9-10H2,1H3. The van der Waals surface area contributed by atoms with Gasteiger partial charge in [-0.1, -0.05) is 25.3 Å². The number of rotatable bonds is 4. The van der Waals surface area contributed by atoms with Gasteiger partial charge in [-0.25, -0.2) is 4.98 Å². The van der Waals surface area contributed by atoms with Crippen molar-refractivity contribution in [2.45, 2.75) is 39.0 Å². The number of benzene rings is 1. The second kappa shape index (κ2) is 7.51. The van der Waals surface area contributed by atoms with Gasteiger partial charge >= 0.3 is 0 Å². The van der Waals surface area contributed by atoms with Crippen molar-refractivity contribution < 1.29 is 9.53 Å². The molecule has 2 aliphatic carbocycles. The Kier molecular flexibility index (Phi) is 4.82. The van der Waals surface area contributed by atoms with Crippen LogP contribution in [0.4, 0.5) is 5.69 Å². The Morgan fingerprint density at radius 2 is 2.03 bits per heavy atom. The minimum absolute atomic E-state index is 0.222. The van der Waals surface area contributed by atoms with Gasteiger partial charge in [0.1, 0.15) is 5.75 Å². The Morgan fingerprint density at radius 3 is 2.87 bits per heavy atom. The molecule has 0 atom stereocenters. The number of aryl methyl sites for hydroxylation is 1. The molecule has 151 valence electrons. The van der Waals surface area contributed by atoms with Gasteiger partial charge in [-0.05, 0) is 65.3 Å². The van der Waals surface area contributed by atoms with Gasteiger partial charge in [0.2, 0.25) is 5.88 Å². The van der Waals surface area contributed by atoms with Crippen LogP contribution in [0.1, 0.15) is 37.8 Å². The lowest BCUT2D eigenvalue weighted by Crippen LogP contribution is -2.46. The zero-order chi connectivity index (χ0) is 20.7. The van der Waals surface area contributed by atoms with Gasteiger partial charge in [-0.15, -0.1) is 0 Å². The molecule has 5 nitrogen and oxygen atoms in total. The highest BCUT2D eigenvalue weighted by Crippen LogP contribution is 2.54. The van der Waals surface area contributed by atoms with Crippen molar-refractivity contribution in [1.82, 2.24) is 9.97 Å². The molecule has 1 spiro atoms. The average molecular weight is 463 g/mol. The van der Waals surface area contributed by atoms with E-state index in [0.29, 0.717) is 16.1 Å². The number of pyridine rings is 2. The van der Waals surface area contributed by atoms with Crippen LogP contribution in [0.2, 0.25) is 0 Å². The fraction of sp³-hybridized carbons (Fsp3) is 0.292. The predicted molar refractivity (Wildman–Crippen MR) is 120 cm³/mol. The summed E-state index contributed by atoms with van der Waals surface area (Å²) >= 11 is 3.47. The monoisotopic (exact) mass is 462 g/mol. The molecule has 1 N–H and O–H groups in total. The van der Waals surface area contributed by atoms with Crippen molar-refractivity contribution in [2.24, 2.45) is 5.41 Å². The Morgan fingerprint density at radius 1 is 1.20 bits per heavy atom. The van der Waals surface area contributed by atoms with E-state index in [-0.39, 0.29) is 11.2 Å². The average Bonchev–Trinajstić information content (AvgIpc) is 2.77. The van der Waals surface area contributed by atoms with Gasteiger partial charge in [0.15, 0.2) is 5.78 Å². The molecule has 3 aromatic rings. The highest BCUT2D eigenvalue weighted by molar-refractivity contribution is 9.12. The van der Waals surface area contributed by atoms with E-state index in [1.54, 1.807) is 12.4 Å². The molecule has 1 saturated carbocycles. The maximum absolute atomic E-state index is 12.6. The number of anilines is 1. The van der Waals surface area contributed by atoms with E-state index >= 15 is 0 Å². The highest BCUT2D eigenvalue weighted by atomic mass is 79.9. The lowest BCUT2D eigenvalue weighted by atomic mass is 9.62. The number of aromatic nitrogens is 2. The number of ether oxygens (including phenoxy) is 1. The quantitative estimate of drug-likeness (QED) is 0.508. The first-order valence-electron chi connectivity index (χ1n) is 10.2. The van der Waals surface area contributed by atoms with Gasteiger partial charge in [-0.2, -0.15) is 0 Å². The molecule has 5 rings (SSSR count). The topological polar surface area (TPSA) is 64.1 Å². The number of ketones is 1. The highest BCUT2D eigenvalue weighted by Gasteiger charge is 2.53. The van der Waals surface area contributed by atoms with Gasteiger partial charge in [0.05, 0.1) is 27.0 Å². The number of fused-ring (bicyclic) bond motifs is 1. The molecule has 2 aliphatic rings. The van der Waals surface area contributed by atoms with Crippen molar-refractivity contribution in [2.75, 3.05) is 5.32 Å². The van der Waals surface area contributed by atoms with Gasteiger partial charge in [0.25, 0.3) is 0 Å². The summed E-state index contributed by atoms with van der Waals surface area (Å²) in [7, 11) is 0. The summed E-state index contributed by atoms with van der Waals surface area (Å²) in [5.74, 6) is 1.29. The third kappa shape index (κ3) is 3.19. The zero-order valence-electron chi connectivity index (χ0n) is 16.7.